The summed E-state index contributed by atoms with van der Waals surface area (Å²) in [5.41, 5.74) is -0.244. The molecule has 2 aliphatic heterocycles. The molecule has 0 N–H and O–H groups in total. The van der Waals surface area contributed by atoms with E-state index < -0.39 is 16.7 Å². The third-order valence-corrected chi connectivity index (χ3v) is 4.23. The van der Waals surface area contributed by atoms with Crippen molar-refractivity contribution in [2.24, 2.45) is 0 Å². The zero-order chi connectivity index (χ0) is 18.3. The molecular formula is C16H17N3O6. The summed E-state index contributed by atoms with van der Waals surface area (Å²) in [5, 5.41) is 10.8. The van der Waals surface area contributed by atoms with Crippen LogP contribution in [0.5, 0.6) is 0 Å². The van der Waals surface area contributed by atoms with Gasteiger partial charge in [0, 0.05) is 25.2 Å². The Kier molecular flexibility index (Phi) is 4.25. The standard InChI is InChI=1S/C16H17N3O6/c1-9-6-17(7-10(2)25-9)14(20)8-18-15(21)12-4-3-11(19(23)24)5-13(12)16(18)22/h3-5,9-10H,6-8H2,1-2H3/t9-,10+. The van der Waals surface area contributed by atoms with Gasteiger partial charge in [0.1, 0.15) is 6.54 Å². The molecule has 0 bridgehead atoms. The van der Waals surface area contributed by atoms with Gasteiger partial charge in [-0.15, -0.1) is 0 Å². The second-order valence-corrected chi connectivity index (χ2v) is 6.24. The maximum absolute atomic E-state index is 12.5. The summed E-state index contributed by atoms with van der Waals surface area (Å²) in [6, 6.07) is 3.48. The first-order chi connectivity index (χ1) is 11.8. The smallest absolute Gasteiger partial charge is 0.270 e. The lowest BCUT2D eigenvalue weighted by Crippen LogP contribution is -2.51. The van der Waals surface area contributed by atoms with Crippen molar-refractivity contribution in [1.82, 2.24) is 9.80 Å². The van der Waals surface area contributed by atoms with Gasteiger partial charge in [0.15, 0.2) is 0 Å². The van der Waals surface area contributed by atoms with Crippen LogP contribution in [0.4, 0.5) is 5.69 Å². The minimum absolute atomic E-state index is 0.0456. The maximum Gasteiger partial charge on any atom is 0.270 e. The number of hydrogen-bond acceptors (Lipinski definition) is 6. The summed E-state index contributed by atoms with van der Waals surface area (Å²) in [4.78, 5) is 49.9. The zero-order valence-electron chi connectivity index (χ0n) is 13.8. The van der Waals surface area contributed by atoms with Gasteiger partial charge in [-0.2, -0.15) is 0 Å². The van der Waals surface area contributed by atoms with E-state index in [1.165, 1.54) is 12.1 Å². The fraction of sp³-hybridized carbons (Fsp3) is 0.438. The highest BCUT2D eigenvalue weighted by Gasteiger charge is 2.39. The number of carbonyl (C=O) groups is 3. The average Bonchev–Trinajstić information content (AvgIpc) is 2.78. The minimum atomic E-state index is -0.689. The summed E-state index contributed by atoms with van der Waals surface area (Å²) in [6.07, 6.45) is -0.255. The Morgan fingerprint density at radius 2 is 1.80 bits per heavy atom. The highest BCUT2D eigenvalue weighted by Crippen LogP contribution is 2.27. The summed E-state index contributed by atoms with van der Waals surface area (Å²) in [6.45, 7) is 4.07. The second kappa shape index (κ2) is 6.25. The van der Waals surface area contributed by atoms with Crippen molar-refractivity contribution in [3.8, 4) is 0 Å². The van der Waals surface area contributed by atoms with E-state index >= 15 is 0 Å². The molecule has 1 aromatic rings. The Morgan fingerprint density at radius 3 is 2.40 bits per heavy atom. The number of ether oxygens (including phenoxy) is 1. The lowest BCUT2D eigenvalue weighted by molar-refractivity contribution is -0.384. The first-order valence-corrected chi connectivity index (χ1v) is 7.85. The third kappa shape index (κ3) is 3.10. The molecule has 2 aliphatic rings. The summed E-state index contributed by atoms with van der Waals surface area (Å²) < 4.78 is 5.56. The van der Waals surface area contributed by atoms with E-state index in [9.17, 15) is 24.5 Å². The van der Waals surface area contributed by atoms with Crippen molar-refractivity contribution in [2.45, 2.75) is 26.1 Å². The van der Waals surface area contributed by atoms with Crippen molar-refractivity contribution < 1.29 is 24.0 Å². The molecule has 0 unspecified atom stereocenters. The quantitative estimate of drug-likeness (QED) is 0.455. The van der Waals surface area contributed by atoms with Crippen LogP contribution in [-0.4, -0.2) is 64.3 Å². The molecule has 3 amide bonds. The molecule has 2 atom stereocenters. The molecule has 0 saturated carbocycles. The van der Waals surface area contributed by atoms with E-state index in [2.05, 4.69) is 0 Å². The molecular weight excluding hydrogens is 330 g/mol. The molecule has 9 nitrogen and oxygen atoms in total. The number of morpholine rings is 1. The van der Waals surface area contributed by atoms with Crippen LogP contribution in [0.3, 0.4) is 0 Å². The number of imide groups is 1. The number of nitro benzene ring substituents is 1. The van der Waals surface area contributed by atoms with Crippen LogP contribution in [0.15, 0.2) is 18.2 Å². The highest BCUT2D eigenvalue weighted by molar-refractivity contribution is 6.22. The van der Waals surface area contributed by atoms with Crippen molar-refractivity contribution in [1.29, 1.82) is 0 Å². The van der Waals surface area contributed by atoms with E-state index in [-0.39, 0.29) is 41.5 Å². The molecule has 0 aromatic heterocycles. The van der Waals surface area contributed by atoms with E-state index in [0.717, 1.165) is 11.0 Å². The van der Waals surface area contributed by atoms with E-state index in [1.54, 1.807) is 4.90 Å². The second-order valence-electron chi connectivity index (χ2n) is 6.24. The Morgan fingerprint density at radius 1 is 1.20 bits per heavy atom. The number of nitro groups is 1. The van der Waals surface area contributed by atoms with Crippen LogP contribution in [-0.2, 0) is 9.53 Å². The third-order valence-electron chi connectivity index (χ3n) is 4.23. The number of nitrogens with zero attached hydrogens (tertiary/aromatic N) is 3. The van der Waals surface area contributed by atoms with Gasteiger partial charge >= 0.3 is 0 Å². The van der Waals surface area contributed by atoms with Crippen LogP contribution < -0.4 is 0 Å². The molecule has 9 heteroatoms. The van der Waals surface area contributed by atoms with Gasteiger partial charge in [-0.3, -0.25) is 29.4 Å². The van der Waals surface area contributed by atoms with Crippen LogP contribution in [0.25, 0.3) is 0 Å². The van der Waals surface area contributed by atoms with Crippen LogP contribution in [0.2, 0.25) is 0 Å². The van der Waals surface area contributed by atoms with Crippen molar-refractivity contribution in [3.63, 3.8) is 0 Å². The minimum Gasteiger partial charge on any atom is -0.372 e. The number of amides is 3. The van der Waals surface area contributed by atoms with Gasteiger partial charge in [-0.25, -0.2) is 0 Å². The molecule has 1 fully saturated rings. The van der Waals surface area contributed by atoms with E-state index in [1.807, 2.05) is 13.8 Å². The molecule has 1 aromatic carbocycles. The van der Waals surface area contributed by atoms with E-state index in [4.69, 9.17) is 4.74 Å². The summed E-state index contributed by atoms with van der Waals surface area (Å²) in [7, 11) is 0. The highest BCUT2D eigenvalue weighted by atomic mass is 16.6. The van der Waals surface area contributed by atoms with Crippen LogP contribution >= 0.6 is 0 Å². The lowest BCUT2D eigenvalue weighted by Gasteiger charge is -2.35. The van der Waals surface area contributed by atoms with Crippen molar-refractivity contribution in [2.75, 3.05) is 19.6 Å². The molecule has 0 spiro atoms. The SMILES string of the molecule is C[C@@H]1CN(C(=O)CN2C(=O)c3ccc([N+](=O)[O-])cc3C2=O)C[C@H](C)O1. The number of carbonyl (C=O) groups excluding carboxylic acids is 3. The Labute approximate surface area is 143 Å². The topological polar surface area (TPSA) is 110 Å². The maximum atomic E-state index is 12.5. The number of benzene rings is 1. The van der Waals surface area contributed by atoms with Gasteiger partial charge in [-0.05, 0) is 19.9 Å². The molecule has 3 rings (SSSR count). The largest absolute Gasteiger partial charge is 0.372 e. The fourth-order valence-corrected chi connectivity index (χ4v) is 3.15. The molecule has 1 saturated heterocycles. The Bertz CT molecular complexity index is 767. The lowest BCUT2D eigenvalue weighted by atomic mass is 10.1. The van der Waals surface area contributed by atoms with Gasteiger partial charge in [0.25, 0.3) is 17.5 Å². The first-order valence-electron chi connectivity index (χ1n) is 7.85. The Hall–Kier alpha value is -2.81. The average molecular weight is 347 g/mol. The number of non-ortho nitro benzene ring substituents is 1. The van der Waals surface area contributed by atoms with Crippen molar-refractivity contribution in [3.05, 3.63) is 39.4 Å². The predicted octanol–water partition coefficient (Wildman–Crippen LogP) is 0.827. The molecule has 0 radical (unpaired) electrons. The van der Waals surface area contributed by atoms with Gasteiger partial charge < -0.3 is 9.64 Å². The molecule has 132 valence electrons. The van der Waals surface area contributed by atoms with Crippen LogP contribution in [0.1, 0.15) is 34.6 Å². The van der Waals surface area contributed by atoms with Crippen molar-refractivity contribution >= 4 is 23.4 Å². The van der Waals surface area contributed by atoms with Gasteiger partial charge in [0.2, 0.25) is 5.91 Å². The summed E-state index contributed by atoms with van der Waals surface area (Å²) in [5.74, 6) is -1.66. The van der Waals surface area contributed by atoms with Gasteiger partial charge in [-0.1, -0.05) is 0 Å². The number of hydrogen-bond donors (Lipinski definition) is 0. The monoisotopic (exact) mass is 347 g/mol. The van der Waals surface area contributed by atoms with Crippen LogP contribution in [0, 0.1) is 10.1 Å². The normalized spacial score (nSPS) is 23.0. The van der Waals surface area contributed by atoms with Gasteiger partial charge in [0.05, 0.1) is 28.3 Å². The molecule has 2 heterocycles. The predicted molar refractivity (Wildman–Crippen MR) is 85.1 cm³/mol. The summed E-state index contributed by atoms with van der Waals surface area (Å²) >= 11 is 0. The Balaban J connectivity index is 1.77. The fourth-order valence-electron chi connectivity index (χ4n) is 3.15. The number of rotatable bonds is 3. The first kappa shape index (κ1) is 17.0. The molecule has 0 aliphatic carbocycles. The number of fused-ring (bicyclic) bond motifs is 1. The molecule has 25 heavy (non-hydrogen) atoms. The zero-order valence-corrected chi connectivity index (χ0v) is 13.8. The van der Waals surface area contributed by atoms with E-state index in [0.29, 0.717) is 13.1 Å².